The molecule has 0 spiro atoms. The van der Waals surface area contributed by atoms with Crippen molar-refractivity contribution in [2.45, 2.75) is 13.3 Å². The third kappa shape index (κ3) is 5.86. The van der Waals surface area contributed by atoms with Crippen LogP contribution >= 0.6 is 0 Å². The van der Waals surface area contributed by atoms with E-state index in [2.05, 4.69) is 0 Å². The summed E-state index contributed by atoms with van der Waals surface area (Å²) >= 11 is 0. The lowest BCUT2D eigenvalue weighted by atomic mass is 10.2. The number of carboxylic acid groups (broad SMARTS) is 2. The van der Waals surface area contributed by atoms with E-state index in [1.807, 2.05) is 0 Å². The standard InChI is InChI=1S/C8H12O5/c1-2-13-4-3-6(8(11)12)5-7(9)10/h5H,2-4H2,1H3,(H,9,10)(H,11,12). The molecule has 5 nitrogen and oxygen atoms in total. The molecule has 2 N–H and O–H groups in total. The molecule has 0 saturated heterocycles. The second-order valence-corrected chi connectivity index (χ2v) is 2.26. The molecule has 0 aliphatic carbocycles. The van der Waals surface area contributed by atoms with E-state index in [0.29, 0.717) is 12.7 Å². The summed E-state index contributed by atoms with van der Waals surface area (Å²) in [6, 6.07) is 0. The maximum Gasteiger partial charge on any atom is 0.331 e. The molecule has 0 aromatic rings. The van der Waals surface area contributed by atoms with Gasteiger partial charge in [0.25, 0.3) is 0 Å². The van der Waals surface area contributed by atoms with E-state index in [9.17, 15) is 9.59 Å². The van der Waals surface area contributed by atoms with Crippen LogP contribution < -0.4 is 0 Å². The molecule has 0 aliphatic heterocycles. The highest BCUT2D eigenvalue weighted by atomic mass is 16.5. The Labute approximate surface area is 75.6 Å². The van der Waals surface area contributed by atoms with Crippen molar-refractivity contribution < 1.29 is 24.5 Å². The van der Waals surface area contributed by atoms with Crippen LogP contribution in [0.15, 0.2) is 11.6 Å². The fourth-order valence-corrected chi connectivity index (χ4v) is 0.716. The van der Waals surface area contributed by atoms with Gasteiger partial charge in [-0.05, 0) is 6.92 Å². The van der Waals surface area contributed by atoms with Gasteiger partial charge in [0, 0.05) is 24.7 Å². The quantitative estimate of drug-likeness (QED) is 0.468. The first-order valence-corrected chi connectivity index (χ1v) is 3.82. The Bertz CT molecular complexity index is 219. The highest BCUT2D eigenvalue weighted by Crippen LogP contribution is 2.01. The Morgan fingerprint density at radius 2 is 2.00 bits per heavy atom. The van der Waals surface area contributed by atoms with Crippen LogP contribution in [0, 0.1) is 0 Å². The molecule has 0 fully saturated rings. The Balaban J connectivity index is 4.11. The largest absolute Gasteiger partial charge is 0.478 e. The topological polar surface area (TPSA) is 83.8 Å². The molecule has 0 aliphatic rings. The van der Waals surface area contributed by atoms with E-state index in [0.717, 1.165) is 0 Å². The van der Waals surface area contributed by atoms with Crippen LogP contribution in [-0.4, -0.2) is 35.4 Å². The van der Waals surface area contributed by atoms with Gasteiger partial charge in [0.2, 0.25) is 0 Å². The number of aliphatic carboxylic acids is 2. The number of ether oxygens (including phenoxy) is 1. The monoisotopic (exact) mass is 188 g/mol. The SMILES string of the molecule is CCOCCC(=CC(=O)O)C(=O)O. The minimum atomic E-state index is -1.26. The van der Waals surface area contributed by atoms with Crippen molar-refractivity contribution in [3.8, 4) is 0 Å². The van der Waals surface area contributed by atoms with Crippen LogP contribution in [0.4, 0.5) is 0 Å². The van der Waals surface area contributed by atoms with Crippen LogP contribution in [0.3, 0.4) is 0 Å². The number of hydrogen-bond donors (Lipinski definition) is 2. The van der Waals surface area contributed by atoms with Gasteiger partial charge in [-0.2, -0.15) is 0 Å². The maximum atomic E-state index is 10.4. The Morgan fingerprint density at radius 3 is 2.38 bits per heavy atom. The first-order valence-electron chi connectivity index (χ1n) is 3.82. The van der Waals surface area contributed by atoms with E-state index < -0.39 is 11.9 Å². The fourth-order valence-electron chi connectivity index (χ4n) is 0.716. The average Bonchev–Trinajstić information content (AvgIpc) is 2.02. The molecule has 0 saturated carbocycles. The Kier molecular flexibility index (Phi) is 5.54. The van der Waals surface area contributed by atoms with Gasteiger partial charge < -0.3 is 14.9 Å². The van der Waals surface area contributed by atoms with E-state index in [4.69, 9.17) is 14.9 Å². The van der Waals surface area contributed by atoms with Gasteiger partial charge in [0.1, 0.15) is 0 Å². The summed E-state index contributed by atoms with van der Waals surface area (Å²) < 4.78 is 4.90. The summed E-state index contributed by atoms with van der Waals surface area (Å²) in [4.78, 5) is 20.6. The van der Waals surface area contributed by atoms with Crippen molar-refractivity contribution in [3.05, 3.63) is 11.6 Å². The lowest BCUT2D eigenvalue weighted by molar-refractivity contribution is -0.135. The van der Waals surface area contributed by atoms with Crippen LogP contribution in [0.5, 0.6) is 0 Å². The van der Waals surface area contributed by atoms with Gasteiger partial charge in [-0.25, -0.2) is 9.59 Å². The van der Waals surface area contributed by atoms with Crippen molar-refractivity contribution in [3.63, 3.8) is 0 Å². The van der Waals surface area contributed by atoms with Gasteiger partial charge >= 0.3 is 11.9 Å². The third-order valence-electron chi connectivity index (χ3n) is 1.29. The molecular formula is C8H12O5. The Morgan fingerprint density at radius 1 is 1.38 bits per heavy atom. The van der Waals surface area contributed by atoms with Crippen molar-refractivity contribution in [2.24, 2.45) is 0 Å². The van der Waals surface area contributed by atoms with Gasteiger partial charge in [-0.1, -0.05) is 0 Å². The van der Waals surface area contributed by atoms with E-state index in [1.54, 1.807) is 6.92 Å². The molecule has 0 rings (SSSR count). The van der Waals surface area contributed by atoms with Crippen LogP contribution in [-0.2, 0) is 14.3 Å². The predicted octanol–water partition coefficient (Wildman–Crippen LogP) is 0.509. The number of rotatable bonds is 6. The molecule has 0 aromatic heterocycles. The lowest BCUT2D eigenvalue weighted by Gasteiger charge is -2.01. The average molecular weight is 188 g/mol. The number of carboxylic acids is 2. The molecular weight excluding hydrogens is 176 g/mol. The minimum Gasteiger partial charge on any atom is -0.478 e. The predicted molar refractivity (Wildman–Crippen MR) is 44.5 cm³/mol. The van der Waals surface area contributed by atoms with Crippen molar-refractivity contribution >= 4 is 11.9 Å². The van der Waals surface area contributed by atoms with Gasteiger partial charge in [0.05, 0.1) is 6.61 Å². The number of hydrogen-bond acceptors (Lipinski definition) is 3. The summed E-state index contributed by atoms with van der Waals surface area (Å²) in [5.41, 5.74) is -0.152. The molecule has 0 radical (unpaired) electrons. The molecule has 0 atom stereocenters. The molecule has 0 bridgehead atoms. The lowest BCUT2D eigenvalue weighted by Crippen LogP contribution is -2.07. The van der Waals surface area contributed by atoms with Crippen molar-refractivity contribution in [1.29, 1.82) is 0 Å². The van der Waals surface area contributed by atoms with Crippen LogP contribution in [0.25, 0.3) is 0 Å². The second kappa shape index (κ2) is 6.19. The fraction of sp³-hybridized carbons (Fsp3) is 0.500. The molecule has 0 unspecified atom stereocenters. The van der Waals surface area contributed by atoms with E-state index in [-0.39, 0.29) is 18.6 Å². The van der Waals surface area contributed by atoms with Gasteiger partial charge in [0.15, 0.2) is 0 Å². The highest BCUT2D eigenvalue weighted by Gasteiger charge is 2.08. The van der Waals surface area contributed by atoms with Crippen LogP contribution in [0.2, 0.25) is 0 Å². The first kappa shape index (κ1) is 11.6. The molecule has 0 aromatic carbocycles. The maximum absolute atomic E-state index is 10.4. The van der Waals surface area contributed by atoms with Crippen molar-refractivity contribution in [1.82, 2.24) is 0 Å². The second-order valence-electron chi connectivity index (χ2n) is 2.26. The van der Waals surface area contributed by atoms with Gasteiger partial charge in [-0.15, -0.1) is 0 Å². The zero-order valence-electron chi connectivity index (χ0n) is 7.32. The van der Waals surface area contributed by atoms with Crippen LogP contribution in [0.1, 0.15) is 13.3 Å². The summed E-state index contributed by atoms with van der Waals surface area (Å²) in [5.74, 6) is -2.48. The smallest absolute Gasteiger partial charge is 0.331 e. The van der Waals surface area contributed by atoms with Crippen molar-refractivity contribution in [2.75, 3.05) is 13.2 Å². The normalized spacial score (nSPS) is 11.3. The Hall–Kier alpha value is -1.36. The van der Waals surface area contributed by atoms with E-state index >= 15 is 0 Å². The molecule has 5 heteroatoms. The van der Waals surface area contributed by atoms with Gasteiger partial charge in [-0.3, -0.25) is 0 Å². The highest BCUT2D eigenvalue weighted by molar-refractivity contribution is 5.94. The molecule has 0 amide bonds. The molecule has 0 heterocycles. The number of carbonyl (C=O) groups is 2. The summed E-state index contributed by atoms with van der Waals surface area (Å²) in [7, 11) is 0. The summed E-state index contributed by atoms with van der Waals surface area (Å²) in [5, 5.41) is 16.8. The molecule has 74 valence electrons. The zero-order chi connectivity index (χ0) is 10.3. The summed E-state index contributed by atoms with van der Waals surface area (Å²) in [6.07, 6.45) is 0.789. The summed E-state index contributed by atoms with van der Waals surface area (Å²) in [6.45, 7) is 2.49. The third-order valence-corrected chi connectivity index (χ3v) is 1.29. The first-order chi connectivity index (χ1) is 6.07. The molecule has 13 heavy (non-hydrogen) atoms. The minimum absolute atomic E-state index is 0.107. The zero-order valence-corrected chi connectivity index (χ0v) is 7.32. The van der Waals surface area contributed by atoms with E-state index in [1.165, 1.54) is 0 Å².